The lowest BCUT2D eigenvalue weighted by Crippen LogP contribution is -2.35. The maximum Gasteiger partial charge on any atom is 0.123 e. The van der Waals surface area contributed by atoms with Gasteiger partial charge in [0.1, 0.15) is 11.5 Å². The van der Waals surface area contributed by atoms with Crippen LogP contribution in [-0.4, -0.2) is 36.8 Å². The molecule has 0 aliphatic carbocycles. The third-order valence-electron chi connectivity index (χ3n) is 3.86. The van der Waals surface area contributed by atoms with Crippen LogP contribution in [0.15, 0.2) is 18.2 Å². The fraction of sp³-hybridized carbons (Fsp3) is 0.600. The van der Waals surface area contributed by atoms with E-state index in [4.69, 9.17) is 10.5 Å². The first-order valence-electron chi connectivity index (χ1n) is 7.01. The molecule has 1 aromatic carbocycles. The predicted molar refractivity (Wildman–Crippen MR) is 76.3 cm³/mol. The number of aromatic hydroxyl groups is 1. The van der Waals surface area contributed by atoms with Crippen molar-refractivity contribution in [2.75, 3.05) is 26.7 Å². The lowest BCUT2D eigenvalue weighted by atomic mass is 9.94. The lowest BCUT2D eigenvalue weighted by molar-refractivity contribution is 0.161. The van der Waals surface area contributed by atoms with E-state index >= 15 is 0 Å². The monoisotopic (exact) mass is 264 g/mol. The molecule has 19 heavy (non-hydrogen) atoms. The van der Waals surface area contributed by atoms with Gasteiger partial charge >= 0.3 is 0 Å². The Labute approximate surface area is 115 Å². The Balaban J connectivity index is 1.96. The molecule has 0 bridgehead atoms. The summed E-state index contributed by atoms with van der Waals surface area (Å²) >= 11 is 0. The zero-order chi connectivity index (χ0) is 13.7. The van der Waals surface area contributed by atoms with Crippen molar-refractivity contribution in [1.29, 1.82) is 0 Å². The van der Waals surface area contributed by atoms with Gasteiger partial charge < -0.3 is 15.6 Å². The van der Waals surface area contributed by atoms with E-state index in [1.807, 2.05) is 12.1 Å². The van der Waals surface area contributed by atoms with E-state index in [0.29, 0.717) is 17.4 Å². The van der Waals surface area contributed by atoms with Crippen molar-refractivity contribution in [3.63, 3.8) is 0 Å². The van der Waals surface area contributed by atoms with Crippen LogP contribution in [0.2, 0.25) is 0 Å². The van der Waals surface area contributed by atoms with Crippen molar-refractivity contribution in [3.05, 3.63) is 23.8 Å². The first kappa shape index (κ1) is 14.2. The highest BCUT2D eigenvalue weighted by atomic mass is 16.5. The first-order valence-corrected chi connectivity index (χ1v) is 7.01. The van der Waals surface area contributed by atoms with Crippen molar-refractivity contribution in [3.8, 4) is 11.5 Å². The Kier molecular flexibility index (Phi) is 5.05. The molecule has 106 valence electrons. The van der Waals surface area contributed by atoms with Crippen LogP contribution in [0, 0.1) is 5.92 Å². The van der Waals surface area contributed by atoms with Crippen molar-refractivity contribution in [2.24, 2.45) is 11.7 Å². The van der Waals surface area contributed by atoms with Gasteiger partial charge in [0.2, 0.25) is 0 Å². The number of likely N-dealkylation sites (tertiary alicyclic amines) is 1. The van der Waals surface area contributed by atoms with E-state index in [9.17, 15) is 5.11 Å². The van der Waals surface area contributed by atoms with Crippen LogP contribution < -0.4 is 10.5 Å². The third kappa shape index (κ3) is 3.85. The van der Waals surface area contributed by atoms with Crippen LogP contribution >= 0.6 is 0 Å². The molecule has 4 nitrogen and oxygen atoms in total. The Morgan fingerprint density at radius 3 is 3.00 bits per heavy atom. The van der Waals surface area contributed by atoms with Crippen LogP contribution in [0.1, 0.15) is 24.8 Å². The quantitative estimate of drug-likeness (QED) is 0.853. The van der Waals surface area contributed by atoms with Gasteiger partial charge in [0.25, 0.3) is 0 Å². The fourth-order valence-electron chi connectivity index (χ4n) is 2.81. The second-order valence-corrected chi connectivity index (χ2v) is 5.32. The second kappa shape index (κ2) is 6.78. The summed E-state index contributed by atoms with van der Waals surface area (Å²) in [5, 5.41) is 10.00. The zero-order valence-electron chi connectivity index (χ0n) is 11.6. The summed E-state index contributed by atoms with van der Waals surface area (Å²) in [4.78, 5) is 2.41. The molecule has 2 rings (SSSR count). The number of nitrogens with zero attached hydrogens (tertiary/aromatic N) is 1. The van der Waals surface area contributed by atoms with Gasteiger partial charge in [0, 0.05) is 24.7 Å². The van der Waals surface area contributed by atoms with Gasteiger partial charge in [-0.05, 0) is 44.3 Å². The highest BCUT2D eigenvalue weighted by Gasteiger charge is 2.20. The number of hydrogen-bond acceptors (Lipinski definition) is 4. The largest absolute Gasteiger partial charge is 0.507 e. The maximum absolute atomic E-state index is 10.00. The molecule has 1 heterocycles. The van der Waals surface area contributed by atoms with Crippen LogP contribution in [0.3, 0.4) is 0 Å². The van der Waals surface area contributed by atoms with Crippen molar-refractivity contribution < 1.29 is 9.84 Å². The molecule has 0 amide bonds. The summed E-state index contributed by atoms with van der Waals surface area (Å²) in [6.07, 6.45) is 3.61. The second-order valence-electron chi connectivity index (χ2n) is 5.32. The Morgan fingerprint density at radius 1 is 1.47 bits per heavy atom. The molecule has 0 spiro atoms. The topological polar surface area (TPSA) is 58.7 Å². The van der Waals surface area contributed by atoms with E-state index in [1.54, 1.807) is 13.2 Å². The molecule has 4 heteroatoms. The van der Waals surface area contributed by atoms with Crippen molar-refractivity contribution >= 4 is 0 Å². The number of nitrogens with two attached hydrogens (primary N) is 1. The number of piperidine rings is 1. The van der Waals surface area contributed by atoms with E-state index < -0.39 is 0 Å². The van der Waals surface area contributed by atoms with Gasteiger partial charge in [0.15, 0.2) is 0 Å². The molecule has 0 aromatic heterocycles. The molecule has 0 radical (unpaired) electrons. The van der Waals surface area contributed by atoms with Crippen molar-refractivity contribution in [1.82, 2.24) is 4.90 Å². The van der Waals surface area contributed by atoms with Gasteiger partial charge in [-0.25, -0.2) is 0 Å². The average molecular weight is 264 g/mol. The molecule has 1 unspecified atom stereocenters. The SMILES string of the molecule is COc1ccc(CN2CCCC(CCN)C2)c(O)c1. The van der Waals surface area contributed by atoms with Crippen LogP contribution in [0.4, 0.5) is 0 Å². The standard InChI is InChI=1S/C15H24N2O2/c1-19-14-5-4-13(15(18)9-14)11-17-8-2-3-12(10-17)6-7-16/h4-5,9,12,18H,2-3,6-8,10-11,16H2,1H3. The lowest BCUT2D eigenvalue weighted by Gasteiger charge is -2.32. The highest BCUT2D eigenvalue weighted by molar-refractivity contribution is 5.39. The number of phenols is 1. The van der Waals surface area contributed by atoms with Gasteiger partial charge in [0.05, 0.1) is 7.11 Å². The van der Waals surface area contributed by atoms with Crippen LogP contribution in [0.5, 0.6) is 11.5 Å². The molecule has 1 aliphatic heterocycles. The van der Waals surface area contributed by atoms with Crippen LogP contribution in [-0.2, 0) is 6.54 Å². The Hall–Kier alpha value is -1.26. The van der Waals surface area contributed by atoms with E-state index in [1.165, 1.54) is 12.8 Å². The number of hydrogen-bond donors (Lipinski definition) is 2. The number of benzene rings is 1. The summed E-state index contributed by atoms with van der Waals surface area (Å²) in [5.74, 6) is 1.72. The van der Waals surface area contributed by atoms with Gasteiger partial charge in [-0.3, -0.25) is 4.90 Å². The number of rotatable bonds is 5. The van der Waals surface area contributed by atoms with Gasteiger partial charge in [-0.1, -0.05) is 6.07 Å². The minimum Gasteiger partial charge on any atom is -0.507 e. The highest BCUT2D eigenvalue weighted by Crippen LogP contribution is 2.27. The van der Waals surface area contributed by atoms with E-state index in [0.717, 1.165) is 38.2 Å². The average Bonchev–Trinajstić information content (AvgIpc) is 2.42. The molecule has 3 N–H and O–H groups in total. The van der Waals surface area contributed by atoms with Gasteiger partial charge in [-0.15, -0.1) is 0 Å². The molecule has 1 atom stereocenters. The zero-order valence-corrected chi connectivity index (χ0v) is 11.6. The summed E-state index contributed by atoms with van der Waals surface area (Å²) < 4.78 is 5.10. The predicted octanol–water partition coefficient (Wildman–Crippen LogP) is 1.96. The maximum atomic E-state index is 10.00. The van der Waals surface area contributed by atoms with Crippen molar-refractivity contribution in [2.45, 2.75) is 25.8 Å². The normalized spacial score (nSPS) is 20.4. The minimum atomic E-state index is 0.320. The number of ether oxygens (including phenoxy) is 1. The first-order chi connectivity index (χ1) is 9.22. The summed E-state index contributed by atoms with van der Waals surface area (Å²) in [6, 6.07) is 5.52. The molecule has 1 aromatic rings. The molecule has 0 saturated carbocycles. The molecule has 1 fully saturated rings. The summed E-state index contributed by atoms with van der Waals surface area (Å²) in [7, 11) is 1.61. The molecule has 1 saturated heterocycles. The summed E-state index contributed by atoms with van der Waals surface area (Å²) in [5.41, 5.74) is 6.61. The number of methoxy groups -OCH3 is 1. The van der Waals surface area contributed by atoms with Crippen LogP contribution in [0.25, 0.3) is 0 Å². The Morgan fingerprint density at radius 2 is 2.32 bits per heavy atom. The molecule has 1 aliphatic rings. The molecular formula is C15H24N2O2. The van der Waals surface area contributed by atoms with E-state index in [2.05, 4.69) is 4.90 Å². The number of phenolic OH excluding ortho intramolecular Hbond substituents is 1. The third-order valence-corrected chi connectivity index (χ3v) is 3.86. The summed E-state index contributed by atoms with van der Waals surface area (Å²) in [6.45, 7) is 3.76. The Bertz CT molecular complexity index is 407. The smallest absolute Gasteiger partial charge is 0.123 e. The van der Waals surface area contributed by atoms with Gasteiger partial charge in [-0.2, -0.15) is 0 Å². The fourth-order valence-corrected chi connectivity index (χ4v) is 2.81. The minimum absolute atomic E-state index is 0.320. The van der Waals surface area contributed by atoms with E-state index in [-0.39, 0.29) is 0 Å². The molecular weight excluding hydrogens is 240 g/mol.